The second-order valence-electron chi connectivity index (χ2n) is 5.37. The van der Waals surface area contributed by atoms with Crippen molar-refractivity contribution in [1.82, 2.24) is 4.98 Å². The van der Waals surface area contributed by atoms with Gasteiger partial charge in [-0.15, -0.1) is 0 Å². The molecule has 0 bridgehead atoms. The van der Waals surface area contributed by atoms with E-state index in [2.05, 4.69) is 10.3 Å². The molecule has 0 saturated carbocycles. The third-order valence-electron chi connectivity index (χ3n) is 3.44. The van der Waals surface area contributed by atoms with E-state index in [0.29, 0.717) is 12.8 Å². The number of unbranched alkanes of at least 4 members (excludes halogenated alkanes) is 1. The molecule has 2 N–H and O–H groups in total. The number of hydrogen-bond donors (Lipinski definition) is 2. The van der Waals surface area contributed by atoms with Crippen molar-refractivity contribution < 1.29 is 14.7 Å². The molecule has 0 radical (unpaired) electrons. The monoisotopic (exact) mass is 324 g/mol. The standard InChI is InChI=1S/C19H20N2O3/c1-14(22)21-18-10-4-2-9-17(18)16(8-3-5-11-19(23)24)15-7-6-12-20-13-15/h2,4,6-10,12-13H,3,5,11H2,1H3,(H,21,22)(H,23,24). The molecule has 24 heavy (non-hydrogen) atoms. The summed E-state index contributed by atoms with van der Waals surface area (Å²) in [7, 11) is 0. The number of hydrogen-bond acceptors (Lipinski definition) is 3. The van der Waals surface area contributed by atoms with Crippen LogP contribution in [0.1, 0.15) is 37.3 Å². The normalized spacial score (nSPS) is 11.1. The van der Waals surface area contributed by atoms with Gasteiger partial charge < -0.3 is 10.4 Å². The zero-order chi connectivity index (χ0) is 17.4. The van der Waals surface area contributed by atoms with Crippen molar-refractivity contribution in [2.45, 2.75) is 26.2 Å². The summed E-state index contributed by atoms with van der Waals surface area (Å²) < 4.78 is 0. The van der Waals surface area contributed by atoms with E-state index in [9.17, 15) is 9.59 Å². The largest absolute Gasteiger partial charge is 0.481 e. The molecule has 0 unspecified atom stereocenters. The fourth-order valence-corrected chi connectivity index (χ4v) is 2.42. The maximum absolute atomic E-state index is 11.5. The van der Waals surface area contributed by atoms with E-state index in [0.717, 1.165) is 22.4 Å². The molecule has 124 valence electrons. The Morgan fingerprint density at radius 2 is 2.00 bits per heavy atom. The predicted octanol–water partition coefficient (Wildman–Crippen LogP) is 3.73. The molecule has 0 aliphatic carbocycles. The van der Waals surface area contributed by atoms with Gasteiger partial charge in [-0.3, -0.25) is 14.6 Å². The second kappa shape index (κ2) is 8.62. The van der Waals surface area contributed by atoms with E-state index in [4.69, 9.17) is 5.11 Å². The molecule has 0 aliphatic heterocycles. The molecule has 5 heteroatoms. The maximum atomic E-state index is 11.5. The average Bonchev–Trinajstić information content (AvgIpc) is 2.56. The minimum Gasteiger partial charge on any atom is -0.481 e. The zero-order valence-electron chi connectivity index (χ0n) is 13.5. The van der Waals surface area contributed by atoms with E-state index < -0.39 is 5.97 Å². The van der Waals surface area contributed by atoms with Crippen LogP contribution in [0.5, 0.6) is 0 Å². The summed E-state index contributed by atoms with van der Waals surface area (Å²) in [5.74, 6) is -0.941. The first-order valence-corrected chi connectivity index (χ1v) is 7.77. The van der Waals surface area contributed by atoms with Crippen LogP contribution in [0.25, 0.3) is 5.57 Å². The average molecular weight is 324 g/mol. The van der Waals surface area contributed by atoms with E-state index in [1.165, 1.54) is 6.92 Å². The highest BCUT2D eigenvalue weighted by atomic mass is 16.4. The van der Waals surface area contributed by atoms with Gasteiger partial charge in [0.2, 0.25) is 5.91 Å². The molecule has 0 atom stereocenters. The number of para-hydroxylation sites is 1. The van der Waals surface area contributed by atoms with Gasteiger partial charge >= 0.3 is 5.97 Å². The zero-order valence-corrected chi connectivity index (χ0v) is 13.5. The number of benzene rings is 1. The van der Waals surface area contributed by atoms with Crippen molar-refractivity contribution >= 4 is 23.1 Å². The number of allylic oxidation sites excluding steroid dienone is 1. The van der Waals surface area contributed by atoms with Gasteiger partial charge in [-0.2, -0.15) is 0 Å². The van der Waals surface area contributed by atoms with Gasteiger partial charge in [-0.05, 0) is 30.5 Å². The summed E-state index contributed by atoms with van der Waals surface area (Å²) in [6.45, 7) is 1.47. The van der Waals surface area contributed by atoms with E-state index in [-0.39, 0.29) is 12.3 Å². The Morgan fingerprint density at radius 3 is 2.67 bits per heavy atom. The lowest BCUT2D eigenvalue weighted by atomic mass is 9.96. The lowest BCUT2D eigenvalue weighted by Crippen LogP contribution is -2.08. The molecule has 5 nitrogen and oxygen atoms in total. The van der Waals surface area contributed by atoms with Gasteiger partial charge in [-0.25, -0.2) is 0 Å². The summed E-state index contributed by atoms with van der Waals surface area (Å²) in [5, 5.41) is 11.6. The number of carbonyl (C=O) groups is 2. The molecule has 1 aromatic carbocycles. The van der Waals surface area contributed by atoms with Gasteiger partial charge in [0, 0.05) is 42.6 Å². The highest BCUT2D eigenvalue weighted by molar-refractivity contribution is 5.95. The number of nitrogens with zero attached hydrogens (tertiary/aromatic N) is 1. The number of carboxylic acids is 1. The van der Waals surface area contributed by atoms with E-state index in [1.54, 1.807) is 12.4 Å². The summed E-state index contributed by atoms with van der Waals surface area (Å²) in [6, 6.07) is 11.3. The van der Waals surface area contributed by atoms with Crippen LogP contribution in [0.4, 0.5) is 5.69 Å². The highest BCUT2D eigenvalue weighted by Crippen LogP contribution is 2.30. The first kappa shape index (κ1) is 17.4. The Hall–Kier alpha value is -2.95. The Bertz CT molecular complexity index is 739. The van der Waals surface area contributed by atoms with Crippen LogP contribution in [0.15, 0.2) is 54.9 Å². The Balaban J connectivity index is 2.38. The van der Waals surface area contributed by atoms with Crippen molar-refractivity contribution in [3.05, 3.63) is 66.0 Å². The highest BCUT2D eigenvalue weighted by Gasteiger charge is 2.11. The van der Waals surface area contributed by atoms with Gasteiger partial charge in [0.15, 0.2) is 0 Å². The quantitative estimate of drug-likeness (QED) is 0.761. The van der Waals surface area contributed by atoms with E-state index in [1.807, 2.05) is 42.5 Å². The summed E-state index contributed by atoms with van der Waals surface area (Å²) in [5.41, 5.74) is 3.46. The van der Waals surface area contributed by atoms with Gasteiger partial charge in [-0.1, -0.05) is 30.3 Å². The minimum absolute atomic E-state index is 0.129. The molecule has 2 aromatic rings. The fraction of sp³-hybridized carbons (Fsp3) is 0.211. The van der Waals surface area contributed by atoms with Crippen molar-refractivity contribution in [3.8, 4) is 0 Å². The Kier molecular flexibility index (Phi) is 6.25. The molecular weight excluding hydrogens is 304 g/mol. The number of carbonyl (C=O) groups excluding carboxylic acids is 1. The lowest BCUT2D eigenvalue weighted by molar-refractivity contribution is -0.137. The summed E-state index contributed by atoms with van der Waals surface area (Å²) >= 11 is 0. The molecule has 0 spiro atoms. The number of amides is 1. The molecule has 1 heterocycles. The number of pyridine rings is 1. The predicted molar refractivity (Wildman–Crippen MR) is 93.5 cm³/mol. The lowest BCUT2D eigenvalue weighted by Gasteiger charge is -2.14. The van der Waals surface area contributed by atoms with Crippen molar-refractivity contribution in [1.29, 1.82) is 0 Å². The van der Waals surface area contributed by atoms with Crippen LogP contribution in [0, 0.1) is 0 Å². The van der Waals surface area contributed by atoms with Gasteiger partial charge in [0.25, 0.3) is 0 Å². The first-order chi connectivity index (χ1) is 11.6. The van der Waals surface area contributed by atoms with Crippen LogP contribution in [-0.2, 0) is 9.59 Å². The van der Waals surface area contributed by atoms with Crippen LogP contribution in [0.2, 0.25) is 0 Å². The van der Waals surface area contributed by atoms with Crippen LogP contribution in [-0.4, -0.2) is 22.0 Å². The van der Waals surface area contributed by atoms with Gasteiger partial charge in [0.1, 0.15) is 0 Å². The van der Waals surface area contributed by atoms with Crippen molar-refractivity contribution in [2.75, 3.05) is 5.32 Å². The molecule has 0 aliphatic rings. The number of nitrogens with one attached hydrogen (secondary N) is 1. The van der Waals surface area contributed by atoms with E-state index >= 15 is 0 Å². The summed E-state index contributed by atoms with van der Waals surface area (Å²) in [4.78, 5) is 26.3. The SMILES string of the molecule is CC(=O)Nc1ccccc1C(=CCCCC(=O)O)c1cccnc1. The van der Waals surface area contributed by atoms with Crippen molar-refractivity contribution in [3.63, 3.8) is 0 Å². The van der Waals surface area contributed by atoms with Crippen molar-refractivity contribution in [2.24, 2.45) is 0 Å². The van der Waals surface area contributed by atoms with Gasteiger partial charge in [0.05, 0.1) is 0 Å². The minimum atomic E-state index is -0.801. The van der Waals surface area contributed by atoms with Crippen LogP contribution in [0.3, 0.4) is 0 Å². The summed E-state index contributed by atoms with van der Waals surface area (Å²) in [6.07, 6.45) is 6.77. The smallest absolute Gasteiger partial charge is 0.303 e. The fourth-order valence-electron chi connectivity index (χ4n) is 2.42. The second-order valence-corrected chi connectivity index (χ2v) is 5.37. The third-order valence-corrected chi connectivity index (χ3v) is 3.44. The number of aromatic nitrogens is 1. The first-order valence-electron chi connectivity index (χ1n) is 7.77. The molecule has 2 rings (SSSR count). The maximum Gasteiger partial charge on any atom is 0.303 e. The topological polar surface area (TPSA) is 79.3 Å². The number of carboxylic acid groups (broad SMARTS) is 1. The van der Waals surface area contributed by atoms with Crippen LogP contribution < -0.4 is 5.32 Å². The molecule has 1 aromatic heterocycles. The molecular formula is C19H20N2O3. The number of aliphatic carboxylic acids is 1. The Morgan fingerprint density at radius 1 is 1.21 bits per heavy atom. The molecule has 0 saturated heterocycles. The number of anilines is 1. The molecule has 1 amide bonds. The molecule has 0 fully saturated rings. The number of rotatable bonds is 7. The van der Waals surface area contributed by atoms with Crippen LogP contribution >= 0.6 is 0 Å². The third kappa shape index (κ3) is 5.05. The Labute approximate surface area is 141 Å².